The maximum Gasteiger partial charge on any atom is 0.344 e. The van der Waals surface area contributed by atoms with Gasteiger partial charge in [0.2, 0.25) is 5.91 Å². The Labute approximate surface area is 277 Å². The summed E-state index contributed by atoms with van der Waals surface area (Å²) in [6, 6.07) is 12.9. The van der Waals surface area contributed by atoms with Crippen molar-refractivity contribution < 1.29 is 34.1 Å². The zero-order valence-electron chi connectivity index (χ0n) is 28.0. The number of nitrogens with one attached hydrogen (secondary N) is 1. The smallest absolute Gasteiger partial charge is 0.344 e. The molecule has 0 spiro atoms. The van der Waals surface area contributed by atoms with Crippen molar-refractivity contribution in [2.75, 3.05) is 6.61 Å². The second-order valence-electron chi connectivity index (χ2n) is 14.7. The molecule has 9 heteroatoms. The van der Waals surface area contributed by atoms with Crippen molar-refractivity contribution in [3.8, 4) is 11.5 Å². The lowest BCUT2D eigenvalue weighted by Gasteiger charge is -2.61. The van der Waals surface area contributed by atoms with Crippen LogP contribution in [0.25, 0.3) is 0 Å². The largest absolute Gasteiger partial charge is 0.508 e. The molecule has 254 valence electrons. The number of hydrogen-bond donors (Lipinski definition) is 4. The summed E-state index contributed by atoms with van der Waals surface area (Å²) in [6.45, 7) is 12.3. The number of carbonyl (C=O) groups excluding carboxylic acids is 3. The minimum Gasteiger partial charge on any atom is -0.508 e. The van der Waals surface area contributed by atoms with Crippen LogP contribution in [0.15, 0.2) is 61.2 Å². The number of esters is 1. The highest BCUT2D eigenvalue weighted by Gasteiger charge is 2.68. The Morgan fingerprint density at radius 1 is 1.13 bits per heavy atom. The van der Waals surface area contributed by atoms with Gasteiger partial charge in [0.25, 0.3) is 0 Å². The summed E-state index contributed by atoms with van der Waals surface area (Å²) in [5, 5.41) is 24.0. The van der Waals surface area contributed by atoms with Crippen LogP contribution in [0.3, 0.4) is 0 Å². The molecule has 2 aromatic carbocycles. The molecular weight excluding hydrogens is 596 g/mol. The van der Waals surface area contributed by atoms with E-state index in [9.17, 15) is 24.6 Å². The van der Waals surface area contributed by atoms with Gasteiger partial charge in [0.05, 0.1) is 12.1 Å². The van der Waals surface area contributed by atoms with E-state index in [0.29, 0.717) is 25.0 Å². The number of hydrogen-bond acceptors (Lipinski definition) is 8. The SMILES string of the molecule is C=C[C@]1(C)C[C@@H](OC(=O)COc2cccc(CNC(=O)[C@H](N)Cc3ccc(O)cc3)c2)[C@]2(C)C(C)CCC3(CCC(=O)C32)[C@@H](C)[C@@H]1O. The molecule has 0 aliphatic heterocycles. The van der Waals surface area contributed by atoms with Gasteiger partial charge in [-0.05, 0) is 84.7 Å². The van der Waals surface area contributed by atoms with Gasteiger partial charge in [0.15, 0.2) is 6.61 Å². The number of aromatic hydroxyl groups is 1. The number of ketones is 1. The number of Topliss-reactive ketones (excluding diaryl/α,β-unsaturated/α-hetero) is 1. The molecule has 0 saturated heterocycles. The van der Waals surface area contributed by atoms with Crippen LogP contribution in [0.5, 0.6) is 11.5 Å². The van der Waals surface area contributed by atoms with Gasteiger partial charge in [-0.25, -0.2) is 4.79 Å². The molecule has 1 amide bonds. The first-order valence-electron chi connectivity index (χ1n) is 16.8. The first kappa shape index (κ1) is 34.6. The third-order valence-corrected chi connectivity index (χ3v) is 12.0. The van der Waals surface area contributed by atoms with Gasteiger partial charge in [0, 0.05) is 29.7 Å². The molecule has 47 heavy (non-hydrogen) atoms. The molecule has 0 radical (unpaired) electrons. The maximum absolute atomic E-state index is 13.6. The Hall–Kier alpha value is -3.69. The highest BCUT2D eigenvalue weighted by atomic mass is 16.6. The molecule has 5 rings (SSSR count). The fraction of sp³-hybridized carbons (Fsp3) is 0.553. The van der Waals surface area contributed by atoms with Gasteiger partial charge in [-0.3, -0.25) is 9.59 Å². The Morgan fingerprint density at radius 3 is 2.55 bits per heavy atom. The number of carbonyl (C=O) groups is 3. The summed E-state index contributed by atoms with van der Waals surface area (Å²) < 4.78 is 12.1. The quantitative estimate of drug-likeness (QED) is 0.211. The van der Waals surface area contributed by atoms with Gasteiger partial charge in [-0.2, -0.15) is 0 Å². The second-order valence-corrected chi connectivity index (χ2v) is 14.7. The molecule has 0 aromatic heterocycles. The van der Waals surface area contributed by atoms with E-state index in [1.54, 1.807) is 48.5 Å². The molecule has 3 fully saturated rings. The van der Waals surface area contributed by atoms with E-state index in [1.807, 2.05) is 13.0 Å². The molecule has 0 heterocycles. The number of phenolic OH excluding ortho intramolecular Hbond substituents is 1. The summed E-state index contributed by atoms with van der Waals surface area (Å²) in [6.07, 6.45) is 4.14. The lowest BCUT2D eigenvalue weighted by molar-refractivity contribution is -0.207. The van der Waals surface area contributed by atoms with Crippen LogP contribution >= 0.6 is 0 Å². The monoisotopic (exact) mass is 646 g/mol. The average Bonchev–Trinajstić information content (AvgIpc) is 3.42. The van der Waals surface area contributed by atoms with Crippen LogP contribution in [-0.4, -0.2) is 52.7 Å². The zero-order valence-corrected chi connectivity index (χ0v) is 28.0. The molecule has 2 bridgehead atoms. The molecule has 3 unspecified atom stereocenters. The van der Waals surface area contributed by atoms with Crippen LogP contribution in [0, 0.1) is 34.0 Å². The molecule has 9 nitrogen and oxygen atoms in total. The zero-order chi connectivity index (χ0) is 34.1. The van der Waals surface area contributed by atoms with Crippen molar-refractivity contribution in [2.24, 2.45) is 39.7 Å². The Morgan fingerprint density at radius 2 is 1.85 bits per heavy atom. The predicted molar refractivity (Wildman–Crippen MR) is 178 cm³/mol. The summed E-state index contributed by atoms with van der Waals surface area (Å²) >= 11 is 0. The standard InChI is InChI=1S/C38H50N2O7/c1-6-36(4)20-31(37(5)23(2)14-16-38(24(3)34(36)44)17-15-30(42)33(37)38)47-32(43)22-46-28-9-7-8-26(18-28)21-40-35(45)29(39)19-25-10-12-27(41)13-11-25/h6-13,18,23-24,29,31,33-34,41,44H,1,14-17,19-22,39H2,2-5H3,(H,40,45)/t23?,24-,29+,31+,33?,34-,36+,37-,38?/m0/s1. The molecule has 9 atom stereocenters. The first-order chi connectivity index (χ1) is 22.2. The van der Waals surface area contributed by atoms with Crippen molar-refractivity contribution in [1.29, 1.82) is 0 Å². The first-order valence-corrected chi connectivity index (χ1v) is 16.8. The third kappa shape index (κ3) is 6.57. The number of aliphatic hydroxyl groups excluding tert-OH is 1. The third-order valence-electron chi connectivity index (χ3n) is 12.0. The van der Waals surface area contributed by atoms with Gasteiger partial charge in [-0.15, -0.1) is 6.58 Å². The number of benzene rings is 2. The van der Waals surface area contributed by atoms with Crippen LogP contribution in [0.1, 0.15) is 70.9 Å². The molecular formula is C38H50N2O7. The van der Waals surface area contributed by atoms with Crippen LogP contribution < -0.4 is 15.8 Å². The van der Waals surface area contributed by atoms with Crippen LogP contribution in [-0.2, 0) is 32.1 Å². The number of amides is 1. The Kier molecular flexibility index (Phi) is 9.90. The van der Waals surface area contributed by atoms with E-state index in [-0.39, 0.29) is 53.8 Å². The minimum atomic E-state index is -0.757. The summed E-state index contributed by atoms with van der Waals surface area (Å²) in [5.41, 5.74) is 6.06. The number of rotatable bonds is 10. The molecule has 3 aliphatic carbocycles. The predicted octanol–water partition coefficient (Wildman–Crippen LogP) is 4.86. The summed E-state index contributed by atoms with van der Waals surface area (Å²) in [5.74, 6) is -0.300. The van der Waals surface area contributed by atoms with Crippen molar-refractivity contribution in [3.05, 3.63) is 72.3 Å². The number of aliphatic hydroxyl groups is 1. The topological polar surface area (TPSA) is 148 Å². The maximum atomic E-state index is 13.6. The van der Waals surface area contributed by atoms with Crippen LogP contribution in [0.4, 0.5) is 0 Å². The summed E-state index contributed by atoms with van der Waals surface area (Å²) in [4.78, 5) is 39.7. The van der Waals surface area contributed by atoms with Gasteiger partial charge in [0.1, 0.15) is 23.4 Å². The fourth-order valence-corrected chi connectivity index (χ4v) is 8.88. The highest BCUT2D eigenvalue weighted by molar-refractivity contribution is 5.86. The highest BCUT2D eigenvalue weighted by Crippen LogP contribution is 2.68. The van der Waals surface area contributed by atoms with E-state index in [0.717, 1.165) is 30.4 Å². The van der Waals surface area contributed by atoms with E-state index in [1.165, 1.54) is 0 Å². The van der Waals surface area contributed by atoms with Gasteiger partial charge >= 0.3 is 5.97 Å². The normalized spacial score (nSPS) is 33.9. The van der Waals surface area contributed by atoms with Crippen LogP contribution in [0.2, 0.25) is 0 Å². The van der Waals surface area contributed by atoms with E-state index in [2.05, 4.69) is 32.7 Å². The average molecular weight is 647 g/mol. The second kappa shape index (κ2) is 13.4. The number of ether oxygens (including phenoxy) is 2. The van der Waals surface area contributed by atoms with Gasteiger partial charge < -0.3 is 30.7 Å². The van der Waals surface area contributed by atoms with E-state index < -0.39 is 35.0 Å². The van der Waals surface area contributed by atoms with Crippen molar-refractivity contribution in [2.45, 2.75) is 91.0 Å². The minimum absolute atomic E-state index is 0.0965. The number of nitrogens with two attached hydrogens (primary N) is 1. The van der Waals surface area contributed by atoms with E-state index >= 15 is 0 Å². The lowest BCUT2D eigenvalue weighted by Crippen LogP contribution is -2.63. The van der Waals surface area contributed by atoms with Gasteiger partial charge in [-0.1, -0.05) is 58.0 Å². The number of phenols is 1. The lowest BCUT2D eigenvalue weighted by atomic mass is 9.44. The molecule has 2 aromatic rings. The fourth-order valence-electron chi connectivity index (χ4n) is 8.88. The Bertz CT molecular complexity index is 1490. The Balaban J connectivity index is 1.24. The van der Waals surface area contributed by atoms with Crippen molar-refractivity contribution >= 4 is 17.7 Å². The van der Waals surface area contributed by atoms with Crippen molar-refractivity contribution in [3.63, 3.8) is 0 Å². The van der Waals surface area contributed by atoms with Crippen molar-refractivity contribution in [1.82, 2.24) is 5.32 Å². The summed E-state index contributed by atoms with van der Waals surface area (Å²) in [7, 11) is 0. The van der Waals surface area contributed by atoms with E-state index in [4.69, 9.17) is 15.2 Å². The molecule has 3 aliphatic rings. The molecule has 3 saturated carbocycles. The molecule has 5 N–H and O–H groups in total.